The fraction of sp³-hybridized carbons (Fsp3) is 0.179. The zero-order chi connectivity index (χ0) is 24.4. The Hall–Kier alpha value is -4.39. The van der Waals surface area contributed by atoms with Gasteiger partial charge in [-0.05, 0) is 39.9 Å². The maximum absolute atomic E-state index is 12.7. The molecule has 5 rings (SSSR count). The molecule has 0 saturated heterocycles. The van der Waals surface area contributed by atoms with Crippen molar-refractivity contribution in [3.8, 4) is 16.9 Å². The molecule has 7 nitrogen and oxygen atoms in total. The molecule has 0 radical (unpaired) electrons. The molecular weight excluding hydrogens is 444 g/mol. The van der Waals surface area contributed by atoms with Gasteiger partial charge in [0.05, 0.1) is 7.11 Å². The molecule has 176 valence electrons. The summed E-state index contributed by atoms with van der Waals surface area (Å²) < 4.78 is 10.9. The SMILES string of the molecule is COc1ccc(CC(NC(=O)OCC2c3ccccc3-c3ccccc32)C(=O)O)c2cccnc12. The van der Waals surface area contributed by atoms with Gasteiger partial charge in [-0.2, -0.15) is 0 Å². The van der Waals surface area contributed by atoms with Crippen molar-refractivity contribution in [2.24, 2.45) is 0 Å². The molecule has 0 spiro atoms. The van der Waals surface area contributed by atoms with Crippen molar-refractivity contribution in [2.45, 2.75) is 18.4 Å². The van der Waals surface area contributed by atoms with Crippen LogP contribution < -0.4 is 10.1 Å². The van der Waals surface area contributed by atoms with E-state index in [1.807, 2.05) is 42.5 Å². The van der Waals surface area contributed by atoms with E-state index in [0.29, 0.717) is 11.3 Å². The molecule has 1 amide bonds. The number of aromatic nitrogens is 1. The molecule has 0 fully saturated rings. The van der Waals surface area contributed by atoms with E-state index in [2.05, 4.69) is 22.4 Å². The smallest absolute Gasteiger partial charge is 0.407 e. The monoisotopic (exact) mass is 468 g/mol. The van der Waals surface area contributed by atoms with Gasteiger partial charge in [0, 0.05) is 23.9 Å². The van der Waals surface area contributed by atoms with E-state index in [4.69, 9.17) is 9.47 Å². The third-order valence-corrected chi connectivity index (χ3v) is 6.40. The van der Waals surface area contributed by atoms with Crippen molar-refractivity contribution in [2.75, 3.05) is 13.7 Å². The number of alkyl carbamates (subject to hydrolysis) is 1. The van der Waals surface area contributed by atoms with Crippen molar-refractivity contribution >= 4 is 23.0 Å². The number of amides is 1. The minimum atomic E-state index is -1.16. The van der Waals surface area contributed by atoms with E-state index in [1.54, 1.807) is 31.5 Å². The molecule has 0 bridgehead atoms. The minimum Gasteiger partial charge on any atom is -0.494 e. The number of carbonyl (C=O) groups is 2. The molecule has 2 N–H and O–H groups in total. The normalized spacial score (nSPS) is 13.1. The van der Waals surface area contributed by atoms with Gasteiger partial charge in [-0.3, -0.25) is 4.98 Å². The summed E-state index contributed by atoms with van der Waals surface area (Å²) in [6, 6.07) is 22.1. The highest BCUT2D eigenvalue weighted by Gasteiger charge is 2.30. The second-order valence-corrected chi connectivity index (χ2v) is 8.39. The van der Waals surface area contributed by atoms with Gasteiger partial charge in [-0.1, -0.05) is 60.7 Å². The number of hydrogen-bond donors (Lipinski definition) is 2. The molecule has 1 unspecified atom stereocenters. The molecule has 4 aromatic rings. The Labute approximate surface area is 202 Å². The standard InChI is InChI=1S/C28H24N2O5/c1-34-25-13-12-17(18-11-6-14-29-26(18)25)15-24(27(31)32)30-28(33)35-16-23-21-9-4-2-7-19(21)20-8-3-5-10-22(20)23/h2-14,23-24H,15-16H2,1H3,(H,30,33)(H,31,32). The number of pyridine rings is 1. The fourth-order valence-electron chi connectivity index (χ4n) is 4.75. The van der Waals surface area contributed by atoms with E-state index in [-0.39, 0.29) is 18.9 Å². The summed E-state index contributed by atoms with van der Waals surface area (Å²) >= 11 is 0. The van der Waals surface area contributed by atoms with Crippen LogP contribution in [-0.4, -0.2) is 41.9 Å². The summed E-state index contributed by atoms with van der Waals surface area (Å²) in [5.41, 5.74) is 5.81. The quantitative estimate of drug-likeness (QED) is 0.405. The zero-order valence-corrected chi connectivity index (χ0v) is 19.1. The number of methoxy groups -OCH3 is 1. The summed E-state index contributed by atoms with van der Waals surface area (Å²) in [7, 11) is 1.56. The molecule has 1 aromatic heterocycles. The van der Waals surface area contributed by atoms with Crippen LogP contribution in [0.15, 0.2) is 79.0 Å². The Balaban J connectivity index is 1.31. The van der Waals surface area contributed by atoms with Gasteiger partial charge >= 0.3 is 12.1 Å². The second kappa shape index (κ2) is 9.46. The average molecular weight is 469 g/mol. The Morgan fingerprint density at radius 3 is 2.31 bits per heavy atom. The molecule has 1 aliphatic rings. The predicted octanol–water partition coefficient (Wildman–Crippen LogP) is 4.78. The Morgan fingerprint density at radius 1 is 0.971 bits per heavy atom. The second-order valence-electron chi connectivity index (χ2n) is 8.39. The van der Waals surface area contributed by atoms with E-state index >= 15 is 0 Å². The van der Waals surface area contributed by atoms with E-state index in [9.17, 15) is 14.7 Å². The van der Waals surface area contributed by atoms with Crippen molar-refractivity contribution in [3.63, 3.8) is 0 Å². The van der Waals surface area contributed by atoms with Gasteiger partial charge in [0.15, 0.2) is 0 Å². The summed E-state index contributed by atoms with van der Waals surface area (Å²) in [4.78, 5) is 29.0. The first-order chi connectivity index (χ1) is 17.1. The number of nitrogens with zero attached hydrogens (tertiary/aromatic N) is 1. The first-order valence-electron chi connectivity index (χ1n) is 11.3. The number of carboxylic acids is 1. The van der Waals surface area contributed by atoms with Crippen LogP contribution in [0.3, 0.4) is 0 Å². The van der Waals surface area contributed by atoms with Crippen molar-refractivity contribution < 1.29 is 24.2 Å². The first kappa shape index (κ1) is 22.4. The number of benzene rings is 3. The highest BCUT2D eigenvalue weighted by atomic mass is 16.5. The molecule has 1 atom stereocenters. The van der Waals surface area contributed by atoms with Gasteiger partial charge in [0.2, 0.25) is 0 Å². The fourth-order valence-corrected chi connectivity index (χ4v) is 4.75. The van der Waals surface area contributed by atoms with E-state index in [0.717, 1.165) is 33.2 Å². The van der Waals surface area contributed by atoms with Gasteiger partial charge in [-0.15, -0.1) is 0 Å². The van der Waals surface area contributed by atoms with Crippen molar-refractivity contribution in [1.82, 2.24) is 10.3 Å². The number of carboxylic acid groups (broad SMARTS) is 1. The van der Waals surface area contributed by atoms with Crippen LogP contribution in [0.25, 0.3) is 22.0 Å². The van der Waals surface area contributed by atoms with Crippen LogP contribution in [-0.2, 0) is 16.0 Å². The lowest BCUT2D eigenvalue weighted by Crippen LogP contribution is -2.43. The molecule has 3 aromatic carbocycles. The van der Waals surface area contributed by atoms with Crippen LogP contribution >= 0.6 is 0 Å². The lowest BCUT2D eigenvalue weighted by molar-refractivity contribution is -0.139. The van der Waals surface area contributed by atoms with Gasteiger partial charge < -0.3 is 19.9 Å². The van der Waals surface area contributed by atoms with Crippen molar-refractivity contribution in [1.29, 1.82) is 0 Å². The summed E-state index contributed by atoms with van der Waals surface area (Å²) in [6.45, 7) is 0.113. The molecule has 7 heteroatoms. The maximum Gasteiger partial charge on any atom is 0.407 e. The van der Waals surface area contributed by atoms with Crippen LogP contribution in [0, 0.1) is 0 Å². The summed E-state index contributed by atoms with van der Waals surface area (Å²) in [6.07, 6.45) is 0.958. The number of ether oxygens (including phenoxy) is 2. The topological polar surface area (TPSA) is 97.8 Å². The largest absolute Gasteiger partial charge is 0.494 e. The minimum absolute atomic E-state index is 0.0751. The Kier molecular flexibility index (Phi) is 6.06. The van der Waals surface area contributed by atoms with Crippen LogP contribution in [0.5, 0.6) is 5.75 Å². The number of carbonyl (C=O) groups excluding carboxylic acids is 1. The number of rotatable bonds is 7. The molecule has 35 heavy (non-hydrogen) atoms. The Morgan fingerprint density at radius 2 is 1.66 bits per heavy atom. The van der Waals surface area contributed by atoms with E-state index < -0.39 is 18.1 Å². The van der Waals surface area contributed by atoms with E-state index in [1.165, 1.54) is 0 Å². The highest BCUT2D eigenvalue weighted by Crippen LogP contribution is 2.44. The molecule has 0 aliphatic heterocycles. The molecular formula is C28H24N2O5. The van der Waals surface area contributed by atoms with Gasteiger partial charge in [0.25, 0.3) is 0 Å². The Bertz CT molecular complexity index is 1370. The zero-order valence-electron chi connectivity index (χ0n) is 19.1. The van der Waals surface area contributed by atoms with Gasteiger partial charge in [-0.25, -0.2) is 9.59 Å². The van der Waals surface area contributed by atoms with Crippen LogP contribution in [0.4, 0.5) is 4.79 Å². The maximum atomic E-state index is 12.7. The average Bonchev–Trinajstić information content (AvgIpc) is 3.21. The lowest BCUT2D eigenvalue weighted by atomic mass is 9.98. The molecule has 1 heterocycles. The van der Waals surface area contributed by atoms with Crippen LogP contribution in [0.2, 0.25) is 0 Å². The molecule has 0 saturated carbocycles. The summed E-state index contributed by atoms with van der Waals surface area (Å²) in [5, 5.41) is 13.1. The highest BCUT2D eigenvalue weighted by molar-refractivity contribution is 5.89. The third-order valence-electron chi connectivity index (χ3n) is 6.40. The van der Waals surface area contributed by atoms with Crippen LogP contribution in [0.1, 0.15) is 22.6 Å². The number of hydrogen-bond acceptors (Lipinski definition) is 5. The lowest BCUT2D eigenvalue weighted by Gasteiger charge is -2.18. The predicted molar refractivity (Wildman–Crippen MR) is 132 cm³/mol. The number of fused-ring (bicyclic) bond motifs is 4. The first-order valence-corrected chi connectivity index (χ1v) is 11.3. The van der Waals surface area contributed by atoms with Gasteiger partial charge in [0.1, 0.15) is 23.9 Å². The number of aliphatic carboxylic acids is 1. The summed E-state index contributed by atoms with van der Waals surface area (Å²) in [5.74, 6) is -0.653. The number of nitrogens with one attached hydrogen (secondary N) is 1. The molecule has 1 aliphatic carbocycles. The third kappa shape index (κ3) is 4.28. The van der Waals surface area contributed by atoms with Crippen molar-refractivity contribution in [3.05, 3.63) is 95.7 Å².